The second kappa shape index (κ2) is 5.40. The first kappa shape index (κ1) is 13.5. The fourth-order valence-corrected chi connectivity index (χ4v) is 2.90. The van der Waals surface area contributed by atoms with Crippen LogP contribution in [-0.2, 0) is 6.42 Å². The number of nitrogens with two attached hydrogens (primary N) is 1. The highest BCUT2D eigenvalue weighted by Crippen LogP contribution is 2.34. The molecule has 0 radical (unpaired) electrons. The molecule has 0 spiro atoms. The Morgan fingerprint density at radius 2 is 2.00 bits per heavy atom. The summed E-state index contributed by atoms with van der Waals surface area (Å²) in [5.41, 5.74) is 7.21. The maximum Gasteiger partial charge on any atom is 0.116 e. The summed E-state index contributed by atoms with van der Waals surface area (Å²) in [5.74, 6) is 0.529. The molecular formula is C16H24FN. The molecule has 100 valence electrons. The zero-order valence-electron chi connectivity index (χ0n) is 11.5. The van der Waals surface area contributed by atoms with Crippen LogP contribution >= 0.6 is 0 Å². The quantitative estimate of drug-likeness (QED) is 0.862. The molecule has 2 N–H and O–H groups in total. The Kier molecular flexibility index (Phi) is 4.06. The van der Waals surface area contributed by atoms with Crippen molar-refractivity contribution in [2.24, 2.45) is 5.73 Å². The van der Waals surface area contributed by atoms with Crippen molar-refractivity contribution >= 4 is 0 Å². The van der Waals surface area contributed by atoms with Crippen LogP contribution in [0.4, 0.5) is 4.39 Å². The molecule has 0 amide bonds. The highest BCUT2D eigenvalue weighted by molar-refractivity contribution is 5.26. The molecule has 1 aliphatic carbocycles. The van der Waals surface area contributed by atoms with E-state index in [-0.39, 0.29) is 6.04 Å². The second-order valence-corrected chi connectivity index (χ2v) is 6.08. The van der Waals surface area contributed by atoms with Gasteiger partial charge in [0.15, 0.2) is 0 Å². The van der Waals surface area contributed by atoms with Crippen LogP contribution in [0.2, 0.25) is 0 Å². The molecule has 1 saturated carbocycles. The number of hydrogen-bond donors (Lipinski definition) is 1. The predicted octanol–water partition coefficient (Wildman–Crippen LogP) is 3.96. The largest absolute Gasteiger partial charge is 0.328 e. The fraction of sp³-hybridized carbons (Fsp3) is 0.625. The first-order valence-corrected chi connectivity index (χ1v) is 7.02. The summed E-state index contributed by atoms with van der Waals surface area (Å²) in [6, 6.07) is 8.41. The lowest BCUT2D eigenvalue weighted by atomic mass is 9.79. The van der Waals surface area contributed by atoms with Gasteiger partial charge in [-0.05, 0) is 42.7 Å². The molecule has 0 bridgehead atoms. The van der Waals surface area contributed by atoms with E-state index in [4.69, 9.17) is 5.73 Å². The van der Waals surface area contributed by atoms with Gasteiger partial charge < -0.3 is 5.73 Å². The normalized spacial score (nSPS) is 28.6. The van der Waals surface area contributed by atoms with Gasteiger partial charge >= 0.3 is 0 Å². The predicted molar refractivity (Wildman–Crippen MR) is 74.5 cm³/mol. The van der Waals surface area contributed by atoms with E-state index in [1.165, 1.54) is 5.56 Å². The Labute approximate surface area is 110 Å². The van der Waals surface area contributed by atoms with Crippen LogP contribution in [0, 0.1) is 0 Å². The Bertz CT molecular complexity index is 385. The van der Waals surface area contributed by atoms with Gasteiger partial charge in [0.25, 0.3) is 0 Å². The molecule has 1 aromatic carbocycles. The molecule has 2 rings (SSSR count). The summed E-state index contributed by atoms with van der Waals surface area (Å²) in [5, 5.41) is 0. The van der Waals surface area contributed by atoms with Crippen LogP contribution in [-0.4, -0.2) is 11.7 Å². The van der Waals surface area contributed by atoms with Crippen molar-refractivity contribution in [2.45, 2.75) is 63.6 Å². The van der Waals surface area contributed by atoms with Gasteiger partial charge in [-0.1, -0.05) is 38.1 Å². The number of benzene rings is 1. The van der Waals surface area contributed by atoms with E-state index < -0.39 is 5.67 Å². The van der Waals surface area contributed by atoms with E-state index in [0.717, 1.165) is 18.4 Å². The Hall–Kier alpha value is -0.890. The smallest absolute Gasteiger partial charge is 0.116 e. The Balaban J connectivity index is 2.04. The molecule has 0 saturated heterocycles. The van der Waals surface area contributed by atoms with Crippen molar-refractivity contribution in [1.82, 2.24) is 0 Å². The minimum atomic E-state index is -1.09. The van der Waals surface area contributed by atoms with Crippen molar-refractivity contribution in [3.05, 3.63) is 35.4 Å². The standard InChI is InChI=1S/C16H24FN/c1-12(2)14-7-5-13(6-8-14)10-16(17)9-3-4-15(18)11-16/h5-8,12,15H,3-4,9-11,18H2,1-2H3. The molecule has 0 aromatic heterocycles. The molecule has 1 fully saturated rings. The maximum absolute atomic E-state index is 14.7. The van der Waals surface area contributed by atoms with Gasteiger partial charge in [0.1, 0.15) is 5.67 Å². The maximum atomic E-state index is 14.7. The highest BCUT2D eigenvalue weighted by Gasteiger charge is 2.35. The van der Waals surface area contributed by atoms with E-state index >= 15 is 0 Å². The third kappa shape index (κ3) is 3.32. The lowest BCUT2D eigenvalue weighted by Gasteiger charge is -2.33. The van der Waals surface area contributed by atoms with Crippen molar-refractivity contribution in [3.8, 4) is 0 Å². The van der Waals surface area contributed by atoms with Gasteiger partial charge in [-0.3, -0.25) is 0 Å². The first-order valence-electron chi connectivity index (χ1n) is 7.02. The third-order valence-corrected chi connectivity index (χ3v) is 4.00. The molecule has 1 aliphatic rings. The van der Waals surface area contributed by atoms with E-state index in [2.05, 4.69) is 38.1 Å². The van der Waals surface area contributed by atoms with Crippen LogP contribution in [0.3, 0.4) is 0 Å². The molecule has 2 atom stereocenters. The third-order valence-electron chi connectivity index (χ3n) is 4.00. The van der Waals surface area contributed by atoms with Gasteiger partial charge in [-0.25, -0.2) is 4.39 Å². The van der Waals surface area contributed by atoms with Gasteiger partial charge in [-0.15, -0.1) is 0 Å². The molecule has 0 aliphatic heterocycles. The first-order chi connectivity index (χ1) is 8.48. The highest BCUT2D eigenvalue weighted by atomic mass is 19.1. The minimum Gasteiger partial charge on any atom is -0.328 e. The van der Waals surface area contributed by atoms with Crippen LogP contribution < -0.4 is 5.73 Å². The number of alkyl halides is 1. The van der Waals surface area contributed by atoms with Gasteiger partial charge in [0.2, 0.25) is 0 Å². The van der Waals surface area contributed by atoms with Gasteiger partial charge in [0, 0.05) is 12.5 Å². The average Bonchev–Trinajstić information content (AvgIpc) is 2.28. The summed E-state index contributed by atoms with van der Waals surface area (Å²) in [6.45, 7) is 4.34. The molecule has 0 heterocycles. The molecular weight excluding hydrogens is 225 g/mol. The molecule has 1 nitrogen and oxygen atoms in total. The van der Waals surface area contributed by atoms with E-state index in [1.807, 2.05) is 0 Å². The summed E-state index contributed by atoms with van der Waals surface area (Å²) in [7, 11) is 0. The van der Waals surface area contributed by atoms with E-state index in [9.17, 15) is 4.39 Å². The summed E-state index contributed by atoms with van der Waals surface area (Å²) >= 11 is 0. The van der Waals surface area contributed by atoms with Crippen LogP contribution in [0.25, 0.3) is 0 Å². The van der Waals surface area contributed by atoms with E-state index in [0.29, 0.717) is 25.2 Å². The molecule has 1 aromatic rings. The SMILES string of the molecule is CC(C)c1ccc(CC2(F)CCCC(N)C2)cc1. The lowest BCUT2D eigenvalue weighted by molar-refractivity contribution is 0.0965. The van der Waals surface area contributed by atoms with Crippen LogP contribution in [0.1, 0.15) is 56.6 Å². The number of halogens is 1. The second-order valence-electron chi connectivity index (χ2n) is 6.08. The lowest BCUT2D eigenvalue weighted by Crippen LogP contribution is -2.39. The monoisotopic (exact) mass is 249 g/mol. The summed E-state index contributed by atoms with van der Waals surface area (Å²) < 4.78 is 14.7. The fourth-order valence-electron chi connectivity index (χ4n) is 2.90. The average molecular weight is 249 g/mol. The van der Waals surface area contributed by atoms with Crippen molar-refractivity contribution < 1.29 is 4.39 Å². The van der Waals surface area contributed by atoms with Gasteiger partial charge in [0.05, 0.1) is 0 Å². The van der Waals surface area contributed by atoms with Crippen molar-refractivity contribution in [2.75, 3.05) is 0 Å². The molecule has 18 heavy (non-hydrogen) atoms. The summed E-state index contributed by atoms with van der Waals surface area (Å²) in [4.78, 5) is 0. The number of hydrogen-bond acceptors (Lipinski definition) is 1. The van der Waals surface area contributed by atoms with Crippen LogP contribution in [0.15, 0.2) is 24.3 Å². The summed E-state index contributed by atoms with van der Waals surface area (Å²) in [6.07, 6.45) is 3.57. The van der Waals surface area contributed by atoms with Crippen molar-refractivity contribution in [1.29, 1.82) is 0 Å². The zero-order valence-corrected chi connectivity index (χ0v) is 11.5. The molecule has 2 heteroatoms. The van der Waals surface area contributed by atoms with Gasteiger partial charge in [-0.2, -0.15) is 0 Å². The Morgan fingerprint density at radius 3 is 2.56 bits per heavy atom. The minimum absolute atomic E-state index is 0.0405. The zero-order chi connectivity index (χ0) is 13.2. The topological polar surface area (TPSA) is 26.0 Å². The van der Waals surface area contributed by atoms with E-state index in [1.54, 1.807) is 0 Å². The number of rotatable bonds is 3. The van der Waals surface area contributed by atoms with Crippen LogP contribution in [0.5, 0.6) is 0 Å². The van der Waals surface area contributed by atoms with Crippen molar-refractivity contribution in [3.63, 3.8) is 0 Å². The molecule has 2 unspecified atom stereocenters. The Morgan fingerprint density at radius 1 is 1.33 bits per heavy atom.